The van der Waals surface area contributed by atoms with Crippen molar-refractivity contribution in [3.63, 3.8) is 0 Å². The zero-order valence-corrected chi connectivity index (χ0v) is 10.4. The van der Waals surface area contributed by atoms with E-state index in [0.29, 0.717) is 5.65 Å². The molecule has 106 valence electrons. The lowest BCUT2D eigenvalue weighted by molar-refractivity contribution is -0.385. The second kappa shape index (κ2) is 4.71. The highest BCUT2D eigenvalue weighted by atomic mass is 19.1. The van der Waals surface area contributed by atoms with Crippen molar-refractivity contribution >= 4 is 17.2 Å². The van der Waals surface area contributed by atoms with Crippen LogP contribution in [0.25, 0.3) is 5.65 Å². The fourth-order valence-electron chi connectivity index (χ4n) is 1.81. The molecule has 0 saturated heterocycles. The minimum Gasteiger partial charge on any atom is -0.428 e. The Kier molecular flexibility index (Phi) is 2.87. The van der Waals surface area contributed by atoms with Gasteiger partial charge in [0.15, 0.2) is 0 Å². The number of nitrogen functional groups attached to an aromatic ring is 1. The topological polar surface area (TPSA) is 109 Å². The summed E-state index contributed by atoms with van der Waals surface area (Å²) < 4.78 is 20.1. The highest BCUT2D eigenvalue weighted by Crippen LogP contribution is 2.32. The van der Waals surface area contributed by atoms with Crippen molar-refractivity contribution in [2.24, 2.45) is 0 Å². The zero-order chi connectivity index (χ0) is 15.0. The molecular weight excluding hydrogens is 281 g/mol. The lowest BCUT2D eigenvalue weighted by atomic mass is 10.3. The number of hydrogen-bond acceptors (Lipinski definition) is 6. The van der Waals surface area contributed by atoms with Crippen LogP contribution < -0.4 is 10.5 Å². The third-order valence-corrected chi connectivity index (χ3v) is 2.69. The Bertz CT molecular complexity index is 848. The van der Waals surface area contributed by atoms with Crippen LogP contribution in [0.5, 0.6) is 11.6 Å². The Labute approximate surface area is 116 Å². The Hall–Kier alpha value is -3.23. The van der Waals surface area contributed by atoms with E-state index < -0.39 is 16.4 Å². The molecule has 0 radical (unpaired) electrons. The smallest absolute Gasteiger partial charge is 0.314 e. The van der Waals surface area contributed by atoms with Gasteiger partial charge in [-0.1, -0.05) is 0 Å². The summed E-state index contributed by atoms with van der Waals surface area (Å²) in [5.41, 5.74) is 5.45. The molecule has 0 spiro atoms. The number of nitro groups is 1. The number of ether oxygens (including phenoxy) is 1. The fraction of sp³-hybridized carbons (Fsp3) is 0. The van der Waals surface area contributed by atoms with Crippen molar-refractivity contribution in [1.29, 1.82) is 0 Å². The van der Waals surface area contributed by atoms with Crippen molar-refractivity contribution in [2.75, 3.05) is 5.73 Å². The van der Waals surface area contributed by atoms with Gasteiger partial charge < -0.3 is 10.5 Å². The van der Waals surface area contributed by atoms with Crippen molar-refractivity contribution in [3.8, 4) is 11.6 Å². The molecular formula is C12H8FN5O3. The minimum absolute atomic E-state index is 0.00490. The summed E-state index contributed by atoms with van der Waals surface area (Å²) in [5.74, 6) is -0.736. The van der Waals surface area contributed by atoms with Crippen LogP contribution in [0.4, 0.5) is 15.9 Å². The van der Waals surface area contributed by atoms with Gasteiger partial charge >= 0.3 is 5.69 Å². The fourth-order valence-corrected chi connectivity index (χ4v) is 1.81. The first-order chi connectivity index (χ1) is 10.0. The van der Waals surface area contributed by atoms with Gasteiger partial charge in [-0.2, -0.15) is 4.98 Å². The lowest BCUT2D eigenvalue weighted by Crippen LogP contribution is -2.00. The number of aromatic nitrogens is 3. The van der Waals surface area contributed by atoms with Crippen LogP contribution in [0.1, 0.15) is 0 Å². The number of nitrogens with zero attached hydrogens (tertiary/aromatic N) is 4. The SMILES string of the molecule is Nc1cn2ccnc2c(Oc2ccc(F)cc2[N+](=O)[O-])n1. The van der Waals surface area contributed by atoms with Crippen molar-refractivity contribution < 1.29 is 14.1 Å². The number of anilines is 1. The number of hydrogen-bond donors (Lipinski definition) is 1. The summed E-state index contributed by atoms with van der Waals surface area (Å²) >= 11 is 0. The number of nitro benzene ring substituents is 1. The van der Waals surface area contributed by atoms with E-state index in [-0.39, 0.29) is 17.4 Å². The summed E-state index contributed by atoms with van der Waals surface area (Å²) in [6, 6.07) is 2.97. The summed E-state index contributed by atoms with van der Waals surface area (Å²) in [4.78, 5) is 18.2. The van der Waals surface area contributed by atoms with Crippen LogP contribution in [0.3, 0.4) is 0 Å². The molecule has 0 amide bonds. The van der Waals surface area contributed by atoms with Crippen molar-refractivity contribution in [2.45, 2.75) is 0 Å². The standard InChI is InChI=1S/C12H8FN5O3/c13-7-1-2-9(8(5-7)18(19)20)21-12-11-15-3-4-17(11)6-10(14)16-12/h1-6H,14H2. The molecule has 0 fully saturated rings. The molecule has 3 rings (SSSR count). The van der Waals surface area contributed by atoms with Gasteiger partial charge in [-0.15, -0.1) is 0 Å². The van der Waals surface area contributed by atoms with Gasteiger partial charge in [0.05, 0.1) is 17.2 Å². The molecule has 9 heteroatoms. The third kappa shape index (κ3) is 2.31. The predicted octanol–water partition coefficient (Wildman–Crippen LogP) is 2.15. The summed E-state index contributed by atoms with van der Waals surface area (Å²) in [5, 5.41) is 10.9. The van der Waals surface area contributed by atoms with Gasteiger partial charge in [0.25, 0.3) is 5.88 Å². The first-order valence-corrected chi connectivity index (χ1v) is 5.75. The number of rotatable bonds is 3. The summed E-state index contributed by atoms with van der Waals surface area (Å²) in [6.45, 7) is 0. The molecule has 0 bridgehead atoms. The van der Waals surface area contributed by atoms with E-state index in [0.717, 1.165) is 18.2 Å². The zero-order valence-electron chi connectivity index (χ0n) is 10.4. The minimum atomic E-state index is -0.743. The van der Waals surface area contributed by atoms with E-state index in [1.165, 1.54) is 12.4 Å². The van der Waals surface area contributed by atoms with E-state index in [1.807, 2.05) is 0 Å². The molecule has 2 aromatic heterocycles. The van der Waals surface area contributed by atoms with E-state index >= 15 is 0 Å². The molecule has 0 unspecified atom stereocenters. The van der Waals surface area contributed by atoms with Crippen LogP contribution >= 0.6 is 0 Å². The van der Waals surface area contributed by atoms with Crippen LogP contribution in [0.15, 0.2) is 36.8 Å². The van der Waals surface area contributed by atoms with Crippen LogP contribution in [-0.4, -0.2) is 19.3 Å². The largest absolute Gasteiger partial charge is 0.428 e. The normalized spacial score (nSPS) is 10.7. The molecule has 0 aliphatic carbocycles. The Balaban J connectivity index is 2.10. The maximum atomic E-state index is 13.1. The van der Waals surface area contributed by atoms with Gasteiger partial charge in [-0.3, -0.25) is 14.5 Å². The van der Waals surface area contributed by atoms with E-state index in [1.54, 1.807) is 10.6 Å². The second-order valence-corrected chi connectivity index (χ2v) is 4.10. The molecule has 0 aliphatic rings. The third-order valence-electron chi connectivity index (χ3n) is 2.69. The monoisotopic (exact) mass is 289 g/mol. The molecule has 3 aromatic rings. The molecule has 1 aromatic carbocycles. The van der Waals surface area contributed by atoms with Gasteiger partial charge in [0, 0.05) is 12.4 Å². The van der Waals surface area contributed by atoms with E-state index in [2.05, 4.69) is 9.97 Å². The maximum Gasteiger partial charge on any atom is 0.314 e. The van der Waals surface area contributed by atoms with Gasteiger partial charge in [0.1, 0.15) is 11.6 Å². The Morgan fingerprint density at radius 3 is 3.00 bits per heavy atom. The average molecular weight is 289 g/mol. The highest BCUT2D eigenvalue weighted by molar-refractivity contribution is 5.56. The quantitative estimate of drug-likeness (QED) is 0.584. The van der Waals surface area contributed by atoms with Gasteiger partial charge in [-0.25, -0.2) is 9.37 Å². The lowest BCUT2D eigenvalue weighted by Gasteiger charge is -2.07. The number of halogens is 1. The van der Waals surface area contributed by atoms with Gasteiger partial charge in [0.2, 0.25) is 11.4 Å². The van der Waals surface area contributed by atoms with E-state index in [4.69, 9.17) is 10.5 Å². The molecule has 0 atom stereocenters. The first-order valence-electron chi connectivity index (χ1n) is 5.75. The molecule has 0 aliphatic heterocycles. The number of fused-ring (bicyclic) bond motifs is 1. The number of benzene rings is 1. The Morgan fingerprint density at radius 2 is 2.24 bits per heavy atom. The van der Waals surface area contributed by atoms with Crippen molar-refractivity contribution in [3.05, 3.63) is 52.7 Å². The average Bonchev–Trinajstić information content (AvgIpc) is 2.88. The van der Waals surface area contributed by atoms with Crippen LogP contribution in [0.2, 0.25) is 0 Å². The molecule has 2 heterocycles. The highest BCUT2D eigenvalue weighted by Gasteiger charge is 2.19. The molecule has 0 saturated carbocycles. The predicted molar refractivity (Wildman–Crippen MR) is 70.5 cm³/mol. The second-order valence-electron chi connectivity index (χ2n) is 4.10. The summed E-state index contributed by atoms with van der Waals surface area (Å²) in [7, 11) is 0. The first kappa shape index (κ1) is 12.8. The molecule has 8 nitrogen and oxygen atoms in total. The number of imidazole rings is 1. The number of nitrogens with two attached hydrogens (primary N) is 1. The van der Waals surface area contributed by atoms with Crippen LogP contribution in [0, 0.1) is 15.9 Å². The van der Waals surface area contributed by atoms with Gasteiger partial charge in [-0.05, 0) is 12.1 Å². The van der Waals surface area contributed by atoms with Crippen molar-refractivity contribution in [1.82, 2.24) is 14.4 Å². The summed E-state index contributed by atoms with van der Waals surface area (Å²) in [6.07, 6.45) is 4.65. The molecule has 21 heavy (non-hydrogen) atoms. The Morgan fingerprint density at radius 1 is 1.43 bits per heavy atom. The van der Waals surface area contributed by atoms with E-state index in [9.17, 15) is 14.5 Å². The van der Waals surface area contributed by atoms with Crippen LogP contribution in [-0.2, 0) is 0 Å². The molecule has 2 N–H and O–H groups in total. The maximum absolute atomic E-state index is 13.1.